The minimum atomic E-state index is -0.842. The molecule has 0 saturated carbocycles. The lowest BCUT2D eigenvalue weighted by molar-refractivity contribution is -0.133. The van der Waals surface area contributed by atoms with Gasteiger partial charge in [0.2, 0.25) is 0 Å². The highest BCUT2D eigenvalue weighted by Gasteiger charge is 2.17. The molecule has 1 aromatic rings. The summed E-state index contributed by atoms with van der Waals surface area (Å²) >= 11 is 1.22. The second-order valence-electron chi connectivity index (χ2n) is 5.49. The van der Waals surface area contributed by atoms with E-state index in [2.05, 4.69) is 15.5 Å². The number of nitrogens with one attached hydrogen (secondary N) is 1. The van der Waals surface area contributed by atoms with Crippen LogP contribution >= 0.6 is 11.8 Å². The molecule has 3 rings (SSSR count). The fraction of sp³-hybridized carbons (Fsp3) is 0.438. The van der Waals surface area contributed by atoms with Gasteiger partial charge in [0.25, 0.3) is 0 Å². The van der Waals surface area contributed by atoms with Gasteiger partial charge in [0.15, 0.2) is 0 Å². The molecule has 0 spiro atoms. The van der Waals surface area contributed by atoms with Crippen LogP contribution in [0, 0.1) is 0 Å². The zero-order valence-electron chi connectivity index (χ0n) is 12.7. The molecule has 0 radical (unpaired) electrons. The van der Waals surface area contributed by atoms with Crippen LogP contribution in [0.4, 0.5) is 0 Å². The van der Waals surface area contributed by atoms with Crippen LogP contribution in [0.5, 0.6) is 5.75 Å². The van der Waals surface area contributed by atoms with Crippen LogP contribution in [0.15, 0.2) is 34.5 Å². The SMILES string of the molecule is O=C(O)CSC1=NN=C(c2ccc(OC3CCNCC3)cc2)C1. The molecule has 1 aromatic carbocycles. The molecule has 0 bridgehead atoms. The largest absolute Gasteiger partial charge is 0.490 e. The number of aliphatic carboxylic acids is 1. The van der Waals surface area contributed by atoms with E-state index in [4.69, 9.17) is 9.84 Å². The maximum Gasteiger partial charge on any atom is 0.313 e. The molecule has 7 heteroatoms. The van der Waals surface area contributed by atoms with E-state index >= 15 is 0 Å². The van der Waals surface area contributed by atoms with E-state index in [0.717, 1.165) is 48.0 Å². The van der Waals surface area contributed by atoms with Crippen molar-refractivity contribution in [3.8, 4) is 5.75 Å². The maximum absolute atomic E-state index is 10.6. The van der Waals surface area contributed by atoms with Crippen molar-refractivity contribution in [1.82, 2.24) is 5.32 Å². The van der Waals surface area contributed by atoms with Crippen LogP contribution in [0.2, 0.25) is 0 Å². The summed E-state index contributed by atoms with van der Waals surface area (Å²) < 4.78 is 5.98. The Morgan fingerprint density at radius 2 is 2.00 bits per heavy atom. The average molecular weight is 333 g/mol. The number of benzene rings is 1. The number of thioether (sulfide) groups is 1. The molecule has 6 nitrogen and oxygen atoms in total. The van der Waals surface area contributed by atoms with Gasteiger partial charge in [0.1, 0.15) is 16.9 Å². The fourth-order valence-electron chi connectivity index (χ4n) is 2.55. The summed E-state index contributed by atoms with van der Waals surface area (Å²) in [5.41, 5.74) is 1.86. The Morgan fingerprint density at radius 3 is 2.70 bits per heavy atom. The van der Waals surface area contributed by atoms with Gasteiger partial charge in [-0.15, -0.1) is 5.10 Å². The molecule has 1 fully saturated rings. The van der Waals surface area contributed by atoms with Crippen molar-refractivity contribution in [1.29, 1.82) is 0 Å². The second kappa shape index (κ2) is 7.61. The quantitative estimate of drug-likeness (QED) is 0.862. The van der Waals surface area contributed by atoms with Crippen LogP contribution in [0.1, 0.15) is 24.8 Å². The summed E-state index contributed by atoms with van der Waals surface area (Å²) in [5, 5.41) is 21.0. The number of carboxylic acids is 1. The van der Waals surface area contributed by atoms with Crippen molar-refractivity contribution in [2.45, 2.75) is 25.4 Å². The number of piperidine rings is 1. The van der Waals surface area contributed by atoms with Gasteiger partial charge >= 0.3 is 5.97 Å². The lowest BCUT2D eigenvalue weighted by Crippen LogP contribution is -2.34. The molecular formula is C16H19N3O3S. The molecule has 23 heavy (non-hydrogen) atoms. The average Bonchev–Trinajstić information content (AvgIpc) is 3.04. The molecule has 2 N–H and O–H groups in total. The Hall–Kier alpha value is -1.86. The molecule has 0 aliphatic carbocycles. The Balaban J connectivity index is 1.53. The Kier molecular flexibility index (Phi) is 5.30. The van der Waals surface area contributed by atoms with E-state index in [-0.39, 0.29) is 11.9 Å². The third-order valence-corrected chi connectivity index (χ3v) is 4.69. The molecule has 0 aromatic heterocycles. The van der Waals surface area contributed by atoms with Crippen LogP contribution in [0.3, 0.4) is 0 Å². The molecule has 2 heterocycles. The first kappa shape index (κ1) is 16.0. The van der Waals surface area contributed by atoms with Crippen LogP contribution in [-0.2, 0) is 4.79 Å². The number of ether oxygens (including phenoxy) is 1. The number of hydrogen-bond donors (Lipinski definition) is 2. The zero-order valence-corrected chi connectivity index (χ0v) is 13.5. The Labute approximate surface area is 139 Å². The van der Waals surface area contributed by atoms with Gasteiger partial charge in [-0.2, -0.15) is 5.10 Å². The van der Waals surface area contributed by atoms with Crippen molar-refractivity contribution in [2.75, 3.05) is 18.8 Å². The predicted molar refractivity (Wildman–Crippen MR) is 91.6 cm³/mol. The molecule has 2 aliphatic heterocycles. The number of carboxylic acid groups (broad SMARTS) is 1. The number of carbonyl (C=O) groups is 1. The van der Waals surface area contributed by atoms with Gasteiger partial charge in [-0.3, -0.25) is 4.79 Å². The number of rotatable bonds is 5. The normalized spacial score (nSPS) is 18.4. The summed E-state index contributed by atoms with van der Waals surface area (Å²) in [6.07, 6.45) is 2.94. The smallest absolute Gasteiger partial charge is 0.313 e. The molecular weight excluding hydrogens is 314 g/mol. The Morgan fingerprint density at radius 1 is 1.26 bits per heavy atom. The van der Waals surface area contributed by atoms with Crippen molar-refractivity contribution in [3.05, 3.63) is 29.8 Å². The highest BCUT2D eigenvalue weighted by atomic mass is 32.2. The maximum atomic E-state index is 10.6. The van der Waals surface area contributed by atoms with E-state index in [1.165, 1.54) is 11.8 Å². The van der Waals surface area contributed by atoms with Crippen molar-refractivity contribution in [3.63, 3.8) is 0 Å². The van der Waals surface area contributed by atoms with Crippen molar-refractivity contribution >= 4 is 28.5 Å². The monoisotopic (exact) mass is 333 g/mol. The van der Waals surface area contributed by atoms with E-state index < -0.39 is 5.97 Å². The first-order valence-corrected chi connectivity index (χ1v) is 8.65. The van der Waals surface area contributed by atoms with Gasteiger partial charge < -0.3 is 15.2 Å². The molecule has 0 unspecified atom stereocenters. The van der Waals surface area contributed by atoms with E-state index in [1.54, 1.807) is 0 Å². The second-order valence-corrected chi connectivity index (χ2v) is 6.54. The zero-order chi connectivity index (χ0) is 16.1. The standard InChI is InChI=1S/C16H19N3O3S/c20-16(21)10-23-15-9-14(18-19-15)11-1-3-12(4-2-11)22-13-5-7-17-8-6-13/h1-4,13,17H,5-10H2,(H,20,21). The Bertz CT molecular complexity index is 622. The van der Waals surface area contributed by atoms with Crippen LogP contribution < -0.4 is 10.1 Å². The molecule has 2 aliphatic rings. The number of nitrogens with zero attached hydrogens (tertiary/aromatic N) is 2. The number of hydrogen-bond acceptors (Lipinski definition) is 6. The lowest BCUT2D eigenvalue weighted by Gasteiger charge is -2.23. The van der Waals surface area contributed by atoms with E-state index in [1.807, 2.05) is 24.3 Å². The molecule has 122 valence electrons. The predicted octanol–water partition coefficient (Wildman–Crippen LogP) is 2.14. The summed E-state index contributed by atoms with van der Waals surface area (Å²) in [4.78, 5) is 10.6. The lowest BCUT2D eigenvalue weighted by atomic mass is 10.1. The molecule has 0 atom stereocenters. The highest BCUT2D eigenvalue weighted by Crippen LogP contribution is 2.22. The third kappa shape index (κ3) is 4.56. The minimum absolute atomic E-state index is 0.0185. The first-order valence-electron chi connectivity index (χ1n) is 7.66. The van der Waals surface area contributed by atoms with Gasteiger partial charge in [-0.25, -0.2) is 0 Å². The summed E-state index contributed by atoms with van der Waals surface area (Å²) in [5.74, 6) is 0.0520. The topological polar surface area (TPSA) is 83.3 Å². The van der Waals surface area contributed by atoms with Gasteiger partial charge in [0.05, 0.1) is 11.5 Å². The minimum Gasteiger partial charge on any atom is -0.490 e. The molecule has 1 saturated heterocycles. The summed E-state index contributed by atoms with van der Waals surface area (Å²) in [7, 11) is 0. The van der Waals surface area contributed by atoms with Gasteiger partial charge in [0, 0.05) is 6.42 Å². The first-order chi connectivity index (χ1) is 11.2. The van der Waals surface area contributed by atoms with Gasteiger partial charge in [-0.05, 0) is 55.8 Å². The van der Waals surface area contributed by atoms with E-state index in [9.17, 15) is 4.79 Å². The van der Waals surface area contributed by atoms with Crippen LogP contribution in [0.25, 0.3) is 0 Å². The van der Waals surface area contributed by atoms with Gasteiger partial charge in [-0.1, -0.05) is 11.8 Å². The summed E-state index contributed by atoms with van der Waals surface area (Å²) in [6, 6.07) is 7.88. The fourth-order valence-corrected chi connectivity index (χ4v) is 3.17. The molecule has 0 amide bonds. The summed E-state index contributed by atoms with van der Waals surface area (Å²) in [6.45, 7) is 2.02. The highest BCUT2D eigenvalue weighted by molar-refractivity contribution is 8.14. The third-order valence-electron chi connectivity index (χ3n) is 3.74. The van der Waals surface area contributed by atoms with Crippen LogP contribution in [-0.4, -0.2) is 46.8 Å². The van der Waals surface area contributed by atoms with Crippen molar-refractivity contribution < 1.29 is 14.6 Å². The van der Waals surface area contributed by atoms with Crippen molar-refractivity contribution in [2.24, 2.45) is 10.2 Å². The van der Waals surface area contributed by atoms with E-state index in [0.29, 0.717) is 6.42 Å².